The van der Waals surface area contributed by atoms with E-state index in [9.17, 15) is 0 Å². The van der Waals surface area contributed by atoms with Crippen LogP contribution in [-0.4, -0.2) is 0 Å². The van der Waals surface area contributed by atoms with E-state index in [1.165, 1.54) is 50.2 Å². The SMILES string of the molecule is CC1(C)c2ccccc2-c2ccc(N(c3ccc4c(c3)oc3cccc(N(c5ccccc5)c5ccccc5)c34)c3cccc4c3C(C)(C)c3ccccc3-4)cc21. The van der Waals surface area contributed by atoms with Gasteiger partial charge in [-0.15, -0.1) is 0 Å². The highest BCUT2D eigenvalue weighted by Gasteiger charge is 2.40. The third-order valence-electron chi connectivity index (χ3n) is 12.6. The van der Waals surface area contributed by atoms with Crippen molar-refractivity contribution in [2.75, 3.05) is 9.80 Å². The van der Waals surface area contributed by atoms with Crippen molar-refractivity contribution in [3.63, 3.8) is 0 Å². The molecule has 2 aliphatic carbocycles. The van der Waals surface area contributed by atoms with E-state index in [2.05, 4.69) is 219 Å². The first-order valence-electron chi connectivity index (χ1n) is 19.9. The fourth-order valence-corrected chi connectivity index (χ4v) is 9.97. The molecule has 11 rings (SSSR count). The van der Waals surface area contributed by atoms with E-state index in [4.69, 9.17) is 4.42 Å². The molecule has 8 aromatic carbocycles. The zero-order chi connectivity index (χ0) is 38.5. The molecule has 1 heterocycles. The van der Waals surface area contributed by atoms with Gasteiger partial charge in [0.05, 0.1) is 16.8 Å². The average Bonchev–Trinajstić information content (AvgIpc) is 3.82. The number of benzene rings is 8. The molecule has 9 aromatic rings. The Morgan fingerprint density at radius 1 is 0.368 bits per heavy atom. The minimum absolute atomic E-state index is 0.135. The van der Waals surface area contributed by atoms with Gasteiger partial charge in [-0.3, -0.25) is 0 Å². The van der Waals surface area contributed by atoms with Gasteiger partial charge in [0.15, 0.2) is 0 Å². The Morgan fingerprint density at radius 2 is 0.895 bits per heavy atom. The summed E-state index contributed by atoms with van der Waals surface area (Å²) >= 11 is 0. The highest BCUT2D eigenvalue weighted by atomic mass is 16.3. The van der Waals surface area contributed by atoms with Crippen molar-refractivity contribution in [3.8, 4) is 22.3 Å². The molecular weight excluding hydrogens is 693 g/mol. The summed E-state index contributed by atoms with van der Waals surface area (Å²) in [5.74, 6) is 0. The van der Waals surface area contributed by atoms with Gasteiger partial charge in [0.2, 0.25) is 0 Å². The van der Waals surface area contributed by atoms with Gasteiger partial charge in [-0.05, 0) is 111 Å². The van der Waals surface area contributed by atoms with E-state index in [1.807, 2.05) is 0 Å². The summed E-state index contributed by atoms with van der Waals surface area (Å²) < 4.78 is 6.86. The summed E-state index contributed by atoms with van der Waals surface area (Å²) in [5, 5.41) is 2.17. The standard InChI is InChI=1S/C54H42N2O/c1-53(2)44-24-13-11-21-39(44)41-31-29-37(33-46(41)53)56(48-27-15-23-42-40-22-12-14-25-45(40)54(3,4)52(42)48)38-30-32-43-50(34-38)57-49-28-16-26-47(51(43)49)55(35-17-7-5-8-18-35)36-19-9-6-10-20-36/h5-34H,1-4H3. The normalized spacial score (nSPS) is 14.2. The lowest BCUT2D eigenvalue weighted by molar-refractivity contribution is 0.658. The lowest BCUT2D eigenvalue weighted by Gasteiger charge is -2.33. The summed E-state index contributed by atoms with van der Waals surface area (Å²) in [4.78, 5) is 4.80. The Labute approximate surface area is 334 Å². The van der Waals surface area contributed by atoms with Gasteiger partial charge in [0.25, 0.3) is 0 Å². The zero-order valence-corrected chi connectivity index (χ0v) is 32.6. The number of nitrogens with zero attached hydrogens (tertiary/aromatic N) is 2. The van der Waals surface area contributed by atoms with Gasteiger partial charge in [-0.2, -0.15) is 0 Å². The van der Waals surface area contributed by atoms with Crippen molar-refractivity contribution in [1.82, 2.24) is 0 Å². The van der Waals surface area contributed by atoms with Crippen molar-refractivity contribution in [2.24, 2.45) is 0 Å². The highest BCUT2D eigenvalue weighted by Crippen LogP contribution is 2.56. The maximum atomic E-state index is 6.86. The van der Waals surface area contributed by atoms with Crippen molar-refractivity contribution >= 4 is 56.1 Å². The number of hydrogen-bond donors (Lipinski definition) is 0. The zero-order valence-electron chi connectivity index (χ0n) is 32.6. The van der Waals surface area contributed by atoms with E-state index >= 15 is 0 Å². The van der Waals surface area contributed by atoms with Crippen LogP contribution in [0.3, 0.4) is 0 Å². The molecule has 2 aliphatic rings. The summed E-state index contributed by atoms with van der Waals surface area (Å²) in [7, 11) is 0. The average molecular weight is 735 g/mol. The largest absolute Gasteiger partial charge is 0.456 e. The van der Waals surface area contributed by atoms with Gasteiger partial charge >= 0.3 is 0 Å². The first kappa shape index (κ1) is 33.5. The molecule has 0 spiro atoms. The number of fused-ring (bicyclic) bond motifs is 9. The Bertz CT molecular complexity index is 2990. The highest BCUT2D eigenvalue weighted by molar-refractivity contribution is 6.14. The molecule has 0 saturated heterocycles. The van der Waals surface area contributed by atoms with Gasteiger partial charge in [-0.25, -0.2) is 0 Å². The molecule has 57 heavy (non-hydrogen) atoms. The second-order valence-corrected chi connectivity index (χ2v) is 16.5. The van der Waals surface area contributed by atoms with Crippen molar-refractivity contribution in [1.29, 1.82) is 0 Å². The molecule has 0 radical (unpaired) electrons. The van der Waals surface area contributed by atoms with Crippen molar-refractivity contribution in [2.45, 2.75) is 38.5 Å². The van der Waals surface area contributed by atoms with Crippen LogP contribution in [0.15, 0.2) is 186 Å². The van der Waals surface area contributed by atoms with E-state index in [1.54, 1.807) is 0 Å². The Morgan fingerprint density at radius 3 is 1.61 bits per heavy atom. The molecule has 0 amide bonds. The lowest BCUT2D eigenvalue weighted by atomic mass is 9.81. The van der Waals surface area contributed by atoms with E-state index < -0.39 is 0 Å². The molecule has 0 N–H and O–H groups in total. The second-order valence-electron chi connectivity index (χ2n) is 16.5. The Hall–Kier alpha value is -6.84. The molecule has 0 fully saturated rings. The van der Waals surface area contributed by atoms with Crippen LogP contribution in [0.4, 0.5) is 34.1 Å². The summed E-state index contributed by atoms with van der Waals surface area (Å²) in [5.41, 5.74) is 18.7. The third kappa shape index (κ3) is 4.91. The van der Waals surface area contributed by atoms with Crippen LogP contribution >= 0.6 is 0 Å². The molecule has 0 unspecified atom stereocenters. The van der Waals surface area contributed by atoms with E-state index in [-0.39, 0.29) is 10.8 Å². The number of anilines is 6. The minimum atomic E-state index is -0.205. The van der Waals surface area contributed by atoms with E-state index in [0.29, 0.717) is 0 Å². The van der Waals surface area contributed by atoms with Crippen molar-refractivity contribution < 1.29 is 4.42 Å². The Balaban J connectivity index is 1.14. The maximum absolute atomic E-state index is 6.86. The molecular formula is C54H42N2O. The van der Waals surface area contributed by atoms with Crippen LogP contribution in [0.2, 0.25) is 0 Å². The molecule has 3 heteroatoms. The fraction of sp³-hybridized carbons (Fsp3) is 0.111. The molecule has 0 saturated carbocycles. The van der Waals surface area contributed by atoms with Crippen LogP contribution in [0, 0.1) is 0 Å². The van der Waals surface area contributed by atoms with Crippen LogP contribution in [0.25, 0.3) is 44.2 Å². The number of rotatable bonds is 6. The van der Waals surface area contributed by atoms with Crippen molar-refractivity contribution in [3.05, 3.63) is 204 Å². The molecule has 3 nitrogen and oxygen atoms in total. The predicted octanol–water partition coefficient (Wildman–Crippen LogP) is 15.1. The maximum Gasteiger partial charge on any atom is 0.137 e. The van der Waals surface area contributed by atoms with E-state index in [0.717, 1.165) is 50.4 Å². The van der Waals surface area contributed by atoms with Crippen LogP contribution < -0.4 is 9.80 Å². The summed E-state index contributed by atoms with van der Waals surface area (Å²) in [6, 6.07) is 66.0. The number of hydrogen-bond acceptors (Lipinski definition) is 3. The van der Waals surface area contributed by atoms with Crippen LogP contribution in [-0.2, 0) is 10.8 Å². The number of para-hydroxylation sites is 2. The van der Waals surface area contributed by atoms with Gasteiger partial charge in [-0.1, -0.05) is 137 Å². The number of furan rings is 1. The lowest BCUT2D eigenvalue weighted by Crippen LogP contribution is -2.21. The summed E-state index contributed by atoms with van der Waals surface area (Å²) in [6.45, 7) is 9.46. The van der Waals surface area contributed by atoms with Gasteiger partial charge < -0.3 is 14.2 Å². The fourth-order valence-electron chi connectivity index (χ4n) is 9.97. The monoisotopic (exact) mass is 734 g/mol. The van der Waals surface area contributed by atoms with Crippen LogP contribution in [0.5, 0.6) is 0 Å². The van der Waals surface area contributed by atoms with Crippen LogP contribution in [0.1, 0.15) is 49.9 Å². The third-order valence-corrected chi connectivity index (χ3v) is 12.6. The minimum Gasteiger partial charge on any atom is -0.456 e. The molecule has 0 bridgehead atoms. The smallest absolute Gasteiger partial charge is 0.137 e. The predicted molar refractivity (Wildman–Crippen MR) is 238 cm³/mol. The molecule has 1 aromatic heterocycles. The topological polar surface area (TPSA) is 19.6 Å². The quantitative estimate of drug-likeness (QED) is 0.170. The second kappa shape index (κ2) is 12.3. The Kier molecular flexibility index (Phi) is 7.25. The summed E-state index contributed by atoms with van der Waals surface area (Å²) in [6.07, 6.45) is 0. The first-order chi connectivity index (χ1) is 27.8. The first-order valence-corrected chi connectivity index (χ1v) is 19.9. The molecule has 0 aliphatic heterocycles. The van der Waals surface area contributed by atoms with Gasteiger partial charge in [0, 0.05) is 45.0 Å². The molecule has 0 atom stereocenters. The van der Waals surface area contributed by atoms with Gasteiger partial charge in [0.1, 0.15) is 11.2 Å². The molecule has 274 valence electrons.